The van der Waals surface area contributed by atoms with Gasteiger partial charge >= 0.3 is 0 Å². The summed E-state index contributed by atoms with van der Waals surface area (Å²) in [6.07, 6.45) is -0.373. The van der Waals surface area contributed by atoms with E-state index in [0.29, 0.717) is 24.1 Å². The van der Waals surface area contributed by atoms with Gasteiger partial charge in [0.2, 0.25) is 11.4 Å². The molecule has 2 aromatic rings. The van der Waals surface area contributed by atoms with Crippen LogP contribution in [0.15, 0.2) is 59.5 Å². The Morgan fingerprint density at radius 1 is 1.00 bits per heavy atom. The van der Waals surface area contributed by atoms with Crippen LogP contribution in [-0.2, 0) is 25.0 Å². The number of hydrogen-bond donors (Lipinski definition) is 2. The van der Waals surface area contributed by atoms with Gasteiger partial charge in [-0.15, -0.1) is 0 Å². The molecule has 34 heavy (non-hydrogen) atoms. The number of piperazine rings is 1. The zero-order chi connectivity index (χ0) is 24.7. The molecule has 0 saturated carbocycles. The second kappa shape index (κ2) is 7.03. The number of sulfonamides is 1. The van der Waals surface area contributed by atoms with Crippen molar-refractivity contribution in [1.29, 1.82) is 0 Å². The van der Waals surface area contributed by atoms with E-state index in [1.807, 2.05) is 6.92 Å². The maximum absolute atomic E-state index is 14.0. The number of likely N-dealkylation sites (N-methyl/N-ethyl adjacent to an activating group) is 1. The Morgan fingerprint density at radius 2 is 1.62 bits per heavy atom. The first-order chi connectivity index (χ1) is 15.9. The number of aliphatic hydroxyl groups is 2. The lowest BCUT2D eigenvalue weighted by Crippen LogP contribution is -2.75. The normalized spacial score (nSPS) is 32.6. The number of nitrogens with zero attached hydrogens (tertiary/aromatic N) is 3. The van der Waals surface area contributed by atoms with E-state index < -0.39 is 44.9 Å². The number of rotatable bonds is 4. The molecule has 180 valence electrons. The summed E-state index contributed by atoms with van der Waals surface area (Å²) in [7, 11) is -2.96. The molecule has 10 heteroatoms. The van der Waals surface area contributed by atoms with Crippen LogP contribution in [0, 0.1) is 0 Å². The van der Waals surface area contributed by atoms with E-state index >= 15 is 0 Å². The monoisotopic (exact) mass is 485 g/mol. The van der Waals surface area contributed by atoms with Crippen LogP contribution >= 0.6 is 0 Å². The number of carbonyl (C=O) groups is 2. The number of amides is 2. The van der Waals surface area contributed by atoms with Crippen molar-refractivity contribution in [1.82, 2.24) is 9.80 Å². The smallest absolute Gasteiger partial charge is 0.280 e. The number of para-hydroxylation sites is 1. The van der Waals surface area contributed by atoms with Crippen LogP contribution < -0.4 is 4.31 Å². The van der Waals surface area contributed by atoms with Gasteiger partial charge in [-0.05, 0) is 37.1 Å². The average molecular weight is 486 g/mol. The predicted octanol–water partition coefficient (Wildman–Crippen LogP) is 1.36. The maximum atomic E-state index is 14.0. The molecule has 5 rings (SSSR count). The first kappa shape index (κ1) is 22.8. The standard InChI is InChI=1S/C24H27N3O6S/c1-4-14-23-15-24(31)21(29)25(3)22(2,30)20(28)26(24)19(23)27(18-13-9-8-12-17(18)23)34(32,33)16-10-6-5-7-11-16/h5-13,19,30-31H,4,14-15H2,1-3H3/t19-,22+,23+,24+/m0/s1. The highest BCUT2D eigenvalue weighted by molar-refractivity contribution is 7.92. The van der Waals surface area contributed by atoms with Gasteiger partial charge in [-0.25, -0.2) is 12.7 Å². The highest BCUT2D eigenvalue weighted by Crippen LogP contribution is 2.61. The van der Waals surface area contributed by atoms with Crippen molar-refractivity contribution < 1.29 is 28.2 Å². The Hall–Kier alpha value is -2.95. The molecule has 0 aliphatic carbocycles. The van der Waals surface area contributed by atoms with E-state index in [4.69, 9.17) is 0 Å². The molecule has 0 bridgehead atoms. The molecule has 0 aromatic heterocycles. The Balaban J connectivity index is 1.82. The van der Waals surface area contributed by atoms with Crippen molar-refractivity contribution in [2.75, 3.05) is 11.4 Å². The molecule has 0 spiro atoms. The number of carbonyl (C=O) groups excluding carboxylic acids is 2. The zero-order valence-electron chi connectivity index (χ0n) is 19.2. The summed E-state index contributed by atoms with van der Waals surface area (Å²) in [4.78, 5) is 28.8. The van der Waals surface area contributed by atoms with Crippen LogP contribution in [0.2, 0.25) is 0 Å². The predicted molar refractivity (Wildman–Crippen MR) is 123 cm³/mol. The zero-order valence-corrected chi connectivity index (χ0v) is 20.0. The van der Waals surface area contributed by atoms with Gasteiger partial charge in [0.1, 0.15) is 6.17 Å². The minimum absolute atomic E-state index is 0.0206. The summed E-state index contributed by atoms with van der Waals surface area (Å²) in [5.74, 6) is -1.78. The minimum atomic E-state index is -4.21. The summed E-state index contributed by atoms with van der Waals surface area (Å²) in [6, 6.07) is 14.8. The molecule has 2 fully saturated rings. The lowest BCUT2D eigenvalue weighted by Gasteiger charge is -2.50. The number of hydrogen-bond acceptors (Lipinski definition) is 6. The fourth-order valence-electron chi connectivity index (χ4n) is 5.91. The van der Waals surface area contributed by atoms with E-state index in [0.717, 1.165) is 14.1 Å². The van der Waals surface area contributed by atoms with Crippen LogP contribution in [0.1, 0.15) is 38.7 Å². The summed E-state index contributed by atoms with van der Waals surface area (Å²) in [5.41, 5.74) is -4.55. The molecule has 3 aliphatic heterocycles. The maximum Gasteiger partial charge on any atom is 0.280 e. The van der Waals surface area contributed by atoms with Gasteiger partial charge in [0.05, 0.1) is 10.6 Å². The molecule has 2 amide bonds. The van der Waals surface area contributed by atoms with Gasteiger partial charge in [-0.2, -0.15) is 0 Å². The van der Waals surface area contributed by atoms with Crippen LogP contribution in [0.3, 0.4) is 0 Å². The molecule has 3 heterocycles. The van der Waals surface area contributed by atoms with Crippen LogP contribution in [0.25, 0.3) is 0 Å². The van der Waals surface area contributed by atoms with Crippen LogP contribution in [0.4, 0.5) is 5.69 Å². The van der Waals surface area contributed by atoms with Gasteiger partial charge in [-0.3, -0.25) is 14.5 Å². The van der Waals surface area contributed by atoms with Gasteiger partial charge in [0.15, 0.2) is 0 Å². The third-order valence-corrected chi connectivity index (χ3v) is 9.30. The fraction of sp³-hybridized carbons (Fsp3) is 0.417. The van der Waals surface area contributed by atoms with E-state index in [-0.39, 0.29) is 11.3 Å². The Morgan fingerprint density at radius 3 is 2.26 bits per heavy atom. The fourth-order valence-corrected chi connectivity index (χ4v) is 7.61. The topological polar surface area (TPSA) is 118 Å². The lowest BCUT2D eigenvalue weighted by molar-refractivity contribution is -0.224. The van der Waals surface area contributed by atoms with Gasteiger partial charge < -0.3 is 15.1 Å². The van der Waals surface area contributed by atoms with Crippen LogP contribution in [0.5, 0.6) is 0 Å². The third-order valence-electron chi connectivity index (χ3n) is 7.52. The van der Waals surface area contributed by atoms with Crippen molar-refractivity contribution in [3.8, 4) is 0 Å². The molecule has 4 atom stereocenters. The third kappa shape index (κ3) is 2.58. The molecule has 0 radical (unpaired) electrons. The number of anilines is 1. The highest BCUT2D eigenvalue weighted by atomic mass is 32.2. The van der Waals surface area contributed by atoms with Crippen molar-refractivity contribution in [3.63, 3.8) is 0 Å². The summed E-state index contributed by atoms with van der Waals surface area (Å²) < 4.78 is 29.2. The van der Waals surface area contributed by atoms with Gasteiger partial charge in [0, 0.05) is 18.9 Å². The second-order valence-electron chi connectivity index (χ2n) is 9.46. The van der Waals surface area contributed by atoms with Crippen LogP contribution in [-0.4, -0.2) is 64.9 Å². The van der Waals surface area contributed by atoms with Gasteiger partial charge in [0.25, 0.3) is 21.8 Å². The average Bonchev–Trinajstić information content (AvgIpc) is 3.23. The van der Waals surface area contributed by atoms with E-state index in [1.165, 1.54) is 26.1 Å². The Bertz CT molecular complexity index is 1300. The highest BCUT2D eigenvalue weighted by Gasteiger charge is 2.75. The number of fused-ring (bicyclic) bond motifs is 5. The molecule has 2 aromatic carbocycles. The van der Waals surface area contributed by atoms with Crippen molar-refractivity contribution in [2.45, 2.75) is 61.0 Å². The lowest BCUT2D eigenvalue weighted by atomic mass is 9.74. The first-order valence-electron chi connectivity index (χ1n) is 11.2. The SMILES string of the molecule is CCC[C@]12C[C@@]3(O)C(=O)N(C)[C@](C)(O)C(=O)N3[C@H]1N(S(=O)(=O)c1ccccc1)c1ccccc12. The Kier molecular flexibility index (Phi) is 4.72. The molecular weight excluding hydrogens is 458 g/mol. The quantitative estimate of drug-likeness (QED) is 0.675. The molecule has 3 aliphatic rings. The van der Waals surface area contributed by atoms with Crippen molar-refractivity contribution >= 4 is 27.5 Å². The first-order valence-corrected chi connectivity index (χ1v) is 12.6. The van der Waals surface area contributed by atoms with Crippen molar-refractivity contribution in [3.05, 3.63) is 60.2 Å². The summed E-state index contributed by atoms with van der Waals surface area (Å²) >= 11 is 0. The van der Waals surface area contributed by atoms with Gasteiger partial charge in [-0.1, -0.05) is 49.7 Å². The molecule has 9 nitrogen and oxygen atoms in total. The minimum Gasteiger partial charge on any atom is -0.363 e. The van der Waals surface area contributed by atoms with E-state index in [1.54, 1.807) is 42.5 Å². The summed E-state index contributed by atoms with van der Waals surface area (Å²) in [5, 5.41) is 22.6. The van der Waals surface area contributed by atoms with E-state index in [9.17, 15) is 28.2 Å². The second-order valence-corrected chi connectivity index (χ2v) is 11.3. The molecule has 2 N–H and O–H groups in total. The molecule has 2 saturated heterocycles. The Labute approximate surface area is 198 Å². The largest absolute Gasteiger partial charge is 0.363 e. The van der Waals surface area contributed by atoms with E-state index in [2.05, 4.69) is 0 Å². The summed E-state index contributed by atoms with van der Waals surface area (Å²) in [6.45, 7) is 3.10. The molecular formula is C24H27N3O6S. The number of benzene rings is 2. The van der Waals surface area contributed by atoms with Crippen molar-refractivity contribution in [2.24, 2.45) is 0 Å². The molecule has 0 unspecified atom stereocenters.